The number of hydrogen-bond donors (Lipinski definition) is 1. The highest BCUT2D eigenvalue weighted by atomic mass is 16.5. The molecular formula is C15H21N3O. The molecule has 2 aromatic rings. The average Bonchev–Trinajstić information content (AvgIpc) is 2.67. The molecule has 1 aromatic carbocycles. The van der Waals surface area contributed by atoms with E-state index in [4.69, 9.17) is 10.5 Å². The van der Waals surface area contributed by atoms with Crippen LogP contribution in [0.2, 0.25) is 0 Å². The van der Waals surface area contributed by atoms with E-state index in [2.05, 4.69) is 18.9 Å². The van der Waals surface area contributed by atoms with E-state index in [1.165, 1.54) is 11.3 Å². The molecule has 4 nitrogen and oxygen atoms in total. The van der Waals surface area contributed by atoms with Gasteiger partial charge in [0, 0.05) is 17.8 Å². The Balaban J connectivity index is 1.98. The van der Waals surface area contributed by atoms with E-state index >= 15 is 0 Å². The summed E-state index contributed by atoms with van der Waals surface area (Å²) in [6.45, 7) is 8.05. The number of benzene rings is 1. The second-order valence-electron chi connectivity index (χ2n) is 4.68. The van der Waals surface area contributed by atoms with Gasteiger partial charge in [0.15, 0.2) is 0 Å². The maximum absolute atomic E-state index is 5.80. The van der Waals surface area contributed by atoms with Gasteiger partial charge in [-0.25, -0.2) is 0 Å². The third-order valence-corrected chi connectivity index (χ3v) is 3.50. The van der Waals surface area contributed by atoms with Crippen molar-refractivity contribution in [3.8, 4) is 5.75 Å². The van der Waals surface area contributed by atoms with Crippen molar-refractivity contribution in [3.63, 3.8) is 0 Å². The fourth-order valence-corrected chi connectivity index (χ4v) is 2.06. The number of para-hydroxylation sites is 1. The molecule has 0 fully saturated rings. The zero-order chi connectivity index (χ0) is 13.8. The normalized spacial score (nSPS) is 10.7. The van der Waals surface area contributed by atoms with Crippen LogP contribution in [-0.2, 0) is 13.1 Å². The number of ether oxygens (including phenoxy) is 1. The minimum atomic E-state index is 0.495. The molecule has 0 saturated heterocycles. The zero-order valence-corrected chi connectivity index (χ0v) is 11.8. The molecule has 0 saturated carbocycles. The molecule has 19 heavy (non-hydrogen) atoms. The van der Waals surface area contributed by atoms with Gasteiger partial charge in [0.1, 0.15) is 12.4 Å². The summed E-state index contributed by atoms with van der Waals surface area (Å²) in [7, 11) is 0. The van der Waals surface area contributed by atoms with Crippen LogP contribution >= 0.6 is 0 Å². The van der Waals surface area contributed by atoms with Gasteiger partial charge < -0.3 is 10.5 Å². The lowest BCUT2D eigenvalue weighted by Gasteiger charge is -2.11. The van der Waals surface area contributed by atoms with Crippen LogP contribution in [0, 0.1) is 20.8 Å². The van der Waals surface area contributed by atoms with Gasteiger partial charge in [0.2, 0.25) is 0 Å². The molecule has 0 bridgehead atoms. The molecule has 0 aliphatic heterocycles. The lowest BCUT2D eigenvalue weighted by atomic mass is 10.2. The van der Waals surface area contributed by atoms with E-state index in [-0.39, 0.29) is 0 Å². The third-order valence-electron chi connectivity index (χ3n) is 3.50. The fourth-order valence-electron chi connectivity index (χ4n) is 2.06. The maximum Gasteiger partial charge on any atom is 0.123 e. The molecular weight excluding hydrogens is 238 g/mol. The number of aryl methyl sites for hydroxylation is 1. The van der Waals surface area contributed by atoms with Crippen molar-refractivity contribution in [1.29, 1.82) is 0 Å². The highest BCUT2D eigenvalue weighted by Gasteiger charge is 2.07. The van der Waals surface area contributed by atoms with Crippen LogP contribution in [0.3, 0.4) is 0 Å². The maximum atomic E-state index is 5.80. The van der Waals surface area contributed by atoms with Gasteiger partial charge >= 0.3 is 0 Å². The number of hydrogen-bond acceptors (Lipinski definition) is 3. The number of aromatic nitrogens is 2. The SMILES string of the molecule is Cc1nn(CCOc2ccccc2CN)c(C)c1C. The second-order valence-corrected chi connectivity index (χ2v) is 4.68. The van der Waals surface area contributed by atoms with Gasteiger partial charge in [-0.05, 0) is 32.4 Å². The van der Waals surface area contributed by atoms with E-state index in [0.29, 0.717) is 13.2 Å². The summed E-state index contributed by atoms with van der Waals surface area (Å²) in [6, 6.07) is 7.87. The Labute approximate surface area is 114 Å². The van der Waals surface area contributed by atoms with E-state index in [1.54, 1.807) is 0 Å². The molecule has 2 rings (SSSR count). The van der Waals surface area contributed by atoms with Crippen molar-refractivity contribution < 1.29 is 4.74 Å². The van der Waals surface area contributed by atoms with Crippen molar-refractivity contribution in [3.05, 3.63) is 46.8 Å². The Morgan fingerprint density at radius 1 is 1.21 bits per heavy atom. The van der Waals surface area contributed by atoms with Crippen molar-refractivity contribution in [1.82, 2.24) is 9.78 Å². The van der Waals surface area contributed by atoms with Gasteiger partial charge in [0.05, 0.1) is 12.2 Å². The van der Waals surface area contributed by atoms with Crippen LogP contribution in [0.15, 0.2) is 24.3 Å². The van der Waals surface area contributed by atoms with Crippen LogP contribution in [0.4, 0.5) is 0 Å². The summed E-state index contributed by atoms with van der Waals surface area (Å²) < 4.78 is 7.79. The average molecular weight is 259 g/mol. The Bertz CT molecular complexity index is 561. The Kier molecular flexibility index (Phi) is 4.22. The van der Waals surface area contributed by atoms with Crippen molar-refractivity contribution in [2.45, 2.75) is 33.9 Å². The third kappa shape index (κ3) is 2.96. The molecule has 1 heterocycles. The van der Waals surface area contributed by atoms with Crippen molar-refractivity contribution in [2.24, 2.45) is 5.73 Å². The minimum absolute atomic E-state index is 0.495. The first-order chi connectivity index (χ1) is 9.13. The molecule has 0 atom stereocenters. The van der Waals surface area contributed by atoms with Crippen molar-refractivity contribution >= 4 is 0 Å². The van der Waals surface area contributed by atoms with Crippen LogP contribution < -0.4 is 10.5 Å². The summed E-state index contributed by atoms with van der Waals surface area (Å²) >= 11 is 0. The van der Waals surface area contributed by atoms with Crippen molar-refractivity contribution in [2.75, 3.05) is 6.61 Å². The van der Waals surface area contributed by atoms with Crippen LogP contribution in [0.5, 0.6) is 5.75 Å². The predicted octanol–water partition coefficient (Wildman–Crippen LogP) is 2.35. The molecule has 0 amide bonds. The van der Waals surface area contributed by atoms with Gasteiger partial charge in [-0.1, -0.05) is 18.2 Å². The van der Waals surface area contributed by atoms with Crippen LogP contribution in [-0.4, -0.2) is 16.4 Å². The molecule has 1 aromatic heterocycles. The molecule has 0 radical (unpaired) electrons. The molecule has 2 N–H and O–H groups in total. The molecule has 0 spiro atoms. The highest BCUT2D eigenvalue weighted by molar-refractivity contribution is 5.33. The summed E-state index contributed by atoms with van der Waals surface area (Å²) in [4.78, 5) is 0. The Morgan fingerprint density at radius 2 is 1.95 bits per heavy atom. The van der Waals surface area contributed by atoms with Gasteiger partial charge in [-0.2, -0.15) is 5.10 Å². The highest BCUT2D eigenvalue weighted by Crippen LogP contribution is 2.17. The summed E-state index contributed by atoms with van der Waals surface area (Å²) in [6.07, 6.45) is 0. The standard InChI is InChI=1S/C15H21N3O/c1-11-12(2)17-18(13(11)3)8-9-19-15-7-5-4-6-14(15)10-16/h4-7H,8-10,16H2,1-3H3. The first kappa shape index (κ1) is 13.6. The van der Waals surface area contributed by atoms with Crippen LogP contribution in [0.1, 0.15) is 22.5 Å². The van der Waals surface area contributed by atoms with E-state index in [1.807, 2.05) is 35.9 Å². The van der Waals surface area contributed by atoms with E-state index in [9.17, 15) is 0 Å². The Hall–Kier alpha value is -1.81. The molecule has 4 heteroatoms. The smallest absolute Gasteiger partial charge is 0.123 e. The van der Waals surface area contributed by atoms with Gasteiger partial charge in [-0.15, -0.1) is 0 Å². The lowest BCUT2D eigenvalue weighted by Crippen LogP contribution is -2.12. The van der Waals surface area contributed by atoms with E-state index in [0.717, 1.165) is 23.6 Å². The quantitative estimate of drug-likeness (QED) is 0.896. The topological polar surface area (TPSA) is 53.1 Å². The molecule has 0 unspecified atom stereocenters. The predicted molar refractivity (Wildman–Crippen MR) is 76.3 cm³/mol. The second kappa shape index (κ2) is 5.89. The van der Waals surface area contributed by atoms with Gasteiger partial charge in [-0.3, -0.25) is 4.68 Å². The molecule has 0 aliphatic carbocycles. The monoisotopic (exact) mass is 259 g/mol. The fraction of sp³-hybridized carbons (Fsp3) is 0.400. The number of nitrogens with two attached hydrogens (primary N) is 1. The summed E-state index contributed by atoms with van der Waals surface area (Å²) in [5.41, 5.74) is 10.3. The first-order valence-corrected chi connectivity index (χ1v) is 6.55. The lowest BCUT2D eigenvalue weighted by molar-refractivity contribution is 0.287. The summed E-state index contributed by atoms with van der Waals surface area (Å²) in [5, 5.41) is 4.50. The van der Waals surface area contributed by atoms with Crippen LogP contribution in [0.25, 0.3) is 0 Å². The zero-order valence-electron chi connectivity index (χ0n) is 11.8. The van der Waals surface area contributed by atoms with Gasteiger partial charge in [0.25, 0.3) is 0 Å². The number of rotatable bonds is 5. The first-order valence-electron chi connectivity index (χ1n) is 6.55. The molecule has 0 aliphatic rings. The summed E-state index contributed by atoms with van der Waals surface area (Å²) in [5.74, 6) is 0.864. The largest absolute Gasteiger partial charge is 0.491 e. The molecule has 102 valence electrons. The Morgan fingerprint density at radius 3 is 2.58 bits per heavy atom. The van der Waals surface area contributed by atoms with E-state index < -0.39 is 0 Å². The minimum Gasteiger partial charge on any atom is -0.491 e. The number of nitrogens with zero attached hydrogens (tertiary/aromatic N) is 2.